The van der Waals surface area contributed by atoms with E-state index >= 15 is 0 Å². The predicted octanol–water partition coefficient (Wildman–Crippen LogP) is 18.0. The third-order valence-electron chi connectivity index (χ3n) is 14.9. The second-order valence-corrected chi connectivity index (χ2v) is 18.3. The van der Waals surface area contributed by atoms with Crippen LogP contribution in [0.25, 0.3) is 88.0 Å². The van der Waals surface area contributed by atoms with Gasteiger partial charge in [-0.3, -0.25) is 0 Å². The van der Waals surface area contributed by atoms with E-state index in [9.17, 15) is 0 Å². The van der Waals surface area contributed by atoms with Crippen LogP contribution in [0.5, 0.6) is 0 Å². The van der Waals surface area contributed by atoms with Crippen molar-refractivity contribution >= 4 is 49.4 Å². The van der Waals surface area contributed by atoms with Gasteiger partial charge in [0.05, 0.1) is 5.41 Å². The summed E-state index contributed by atoms with van der Waals surface area (Å²) in [4.78, 5) is 2.38. The zero-order valence-electron chi connectivity index (χ0n) is 37.3. The van der Waals surface area contributed by atoms with Crippen LogP contribution in [0.2, 0.25) is 0 Å². The molecule has 12 aromatic carbocycles. The van der Waals surface area contributed by atoms with Gasteiger partial charge in [0.25, 0.3) is 0 Å². The Hall–Kier alpha value is -8.78. The van der Waals surface area contributed by atoms with E-state index in [1.54, 1.807) is 0 Å². The molecule has 12 aromatic rings. The van der Waals surface area contributed by atoms with Gasteiger partial charge in [-0.2, -0.15) is 0 Å². The Morgan fingerprint density at radius 2 is 0.588 bits per heavy atom. The largest absolute Gasteiger partial charge is 0.311 e. The van der Waals surface area contributed by atoms with Crippen LogP contribution < -0.4 is 4.90 Å². The summed E-state index contributed by atoms with van der Waals surface area (Å²) >= 11 is 0. The first-order valence-electron chi connectivity index (χ1n) is 23.7. The molecule has 1 nitrogen and oxygen atoms in total. The molecule has 0 heterocycles. The first-order chi connectivity index (χ1) is 33.7. The standard InChI is InChI=1S/C67H43N/c1-2-15-44(16-3-1)45-29-36-49(37-30-45)68(50-38-31-46(32-39-50)48-35-42-57-55-19-5-4-17-53(55)54-18-6-7-20-56(54)61(57)43-48)51-40-33-47(34-41-51)52-24-14-28-65-66(52)60-23-10-13-27-64(60)67(65)62-25-11-8-21-58(62)59-22-9-12-26-63(59)67/h1-43H. The lowest BCUT2D eigenvalue weighted by Crippen LogP contribution is -2.25. The van der Waals surface area contributed by atoms with Gasteiger partial charge in [0, 0.05) is 17.1 Å². The highest BCUT2D eigenvalue weighted by Crippen LogP contribution is 2.64. The maximum absolute atomic E-state index is 2.38. The van der Waals surface area contributed by atoms with Crippen molar-refractivity contribution in [2.45, 2.75) is 5.41 Å². The summed E-state index contributed by atoms with van der Waals surface area (Å²) in [6.45, 7) is 0. The van der Waals surface area contributed by atoms with E-state index in [0.29, 0.717) is 0 Å². The molecule has 14 rings (SSSR count). The van der Waals surface area contributed by atoms with E-state index in [-0.39, 0.29) is 5.41 Å². The summed E-state index contributed by atoms with van der Waals surface area (Å²) in [6, 6.07) is 96.6. The van der Waals surface area contributed by atoms with Gasteiger partial charge in [-0.05, 0) is 153 Å². The Kier molecular flexibility index (Phi) is 8.57. The fourth-order valence-corrected chi connectivity index (χ4v) is 11.9. The molecule has 0 fully saturated rings. The van der Waals surface area contributed by atoms with Crippen LogP contribution in [-0.4, -0.2) is 0 Å². The number of benzene rings is 12. The summed E-state index contributed by atoms with van der Waals surface area (Å²) in [6.07, 6.45) is 0. The van der Waals surface area contributed by atoms with Crippen LogP contribution in [0, 0.1) is 0 Å². The van der Waals surface area contributed by atoms with Crippen LogP contribution >= 0.6 is 0 Å². The van der Waals surface area contributed by atoms with Crippen LogP contribution in [0.1, 0.15) is 22.3 Å². The van der Waals surface area contributed by atoms with Gasteiger partial charge < -0.3 is 4.90 Å². The highest BCUT2D eigenvalue weighted by Gasteiger charge is 2.51. The number of anilines is 3. The molecule has 2 aliphatic rings. The minimum absolute atomic E-state index is 0.376. The molecule has 0 saturated heterocycles. The predicted molar refractivity (Wildman–Crippen MR) is 286 cm³/mol. The third kappa shape index (κ3) is 5.63. The molecule has 0 amide bonds. The Morgan fingerprint density at radius 3 is 1.15 bits per heavy atom. The highest BCUT2D eigenvalue weighted by molar-refractivity contribution is 6.25. The van der Waals surface area contributed by atoms with Gasteiger partial charge in [-0.25, -0.2) is 0 Å². The van der Waals surface area contributed by atoms with Crippen molar-refractivity contribution in [2.24, 2.45) is 0 Å². The summed E-state index contributed by atoms with van der Waals surface area (Å²) < 4.78 is 0. The Bertz CT molecular complexity index is 3860. The average Bonchev–Trinajstić information content (AvgIpc) is 3.89. The molecule has 1 spiro atoms. The van der Waals surface area contributed by atoms with Crippen molar-refractivity contribution in [1.82, 2.24) is 0 Å². The van der Waals surface area contributed by atoms with Crippen molar-refractivity contribution in [3.63, 3.8) is 0 Å². The monoisotopic (exact) mass is 861 g/mol. The number of rotatable bonds is 6. The topological polar surface area (TPSA) is 3.24 Å². The number of hydrogen-bond donors (Lipinski definition) is 0. The normalized spacial score (nSPS) is 12.8. The van der Waals surface area contributed by atoms with E-state index < -0.39 is 0 Å². The molecule has 0 saturated carbocycles. The van der Waals surface area contributed by atoms with Gasteiger partial charge in [0.1, 0.15) is 0 Å². The highest BCUT2D eigenvalue weighted by atomic mass is 15.1. The fraction of sp³-hybridized carbons (Fsp3) is 0.0149. The number of fused-ring (bicyclic) bond motifs is 16. The molecule has 0 unspecified atom stereocenters. The summed E-state index contributed by atoms with van der Waals surface area (Å²) in [5.74, 6) is 0. The molecule has 0 aliphatic heterocycles. The lowest BCUT2D eigenvalue weighted by Gasteiger charge is -2.30. The minimum Gasteiger partial charge on any atom is -0.311 e. The minimum atomic E-state index is -0.376. The van der Waals surface area contributed by atoms with Crippen molar-refractivity contribution < 1.29 is 0 Å². The van der Waals surface area contributed by atoms with E-state index in [1.807, 2.05) is 0 Å². The lowest BCUT2D eigenvalue weighted by atomic mass is 9.70. The molecule has 0 N–H and O–H groups in total. The van der Waals surface area contributed by atoms with Crippen LogP contribution in [0.3, 0.4) is 0 Å². The summed E-state index contributed by atoms with van der Waals surface area (Å²) in [7, 11) is 0. The van der Waals surface area contributed by atoms with Gasteiger partial charge in [-0.1, -0.05) is 218 Å². The van der Waals surface area contributed by atoms with Crippen LogP contribution in [0.4, 0.5) is 17.1 Å². The maximum Gasteiger partial charge on any atom is 0.0725 e. The van der Waals surface area contributed by atoms with Crippen LogP contribution in [-0.2, 0) is 5.41 Å². The Morgan fingerprint density at radius 1 is 0.221 bits per heavy atom. The van der Waals surface area contributed by atoms with E-state index in [4.69, 9.17) is 0 Å². The average molecular weight is 862 g/mol. The zero-order valence-corrected chi connectivity index (χ0v) is 37.3. The molecule has 0 atom stereocenters. The van der Waals surface area contributed by atoms with Gasteiger partial charge in [-0.15, -0.1) is 0 Å². The van der Waals surface area contributed by atoms with Crippen molar-refractivity contribution in [2.75, 3.05) is 4.90 Å². The van der Waals surface area contributed by atoms with Crippen LogP contribution in [0.15, 0.2) is 261 Å². The first kappa shape index (κ1) is 38.5. The maximum atomic E-state index is 2.38. The number of hydrogen-bond acceptors (Lipinski definition) is 1. The molecule has 0 radical (unpaired) electrons. The number of nitrogens with zero attached hydrogens (tertiary/aromatic N) is 1. The second-order valence-electron chi connectivity index (χ2n) is 18.3. The van der Waals surface area contributed by atoms with E-state index in [2.05, 4.69) is 266 Å². The quantitative estimate of drug-likeness (QED) is 0.151. The van der Waals surface area contributed by atoms with Crippen molar-refractivity contribution in [3.05, 3.63) is 283 Å². The molecule has 316 valence electrons. The van der Waals surface area contributed by atoms with Crippen molar-refractivity contribution in [3.8, 4) is 55.6 Å². The van der Waals surface area contributed by atoms with E-state index in [1.165, 1.54) is 110 Å². The molecule has 2 aliphatic carbocycles. The Balaban J connectivity index is 0.877. The van der Waals surface area contributed by atoms with Gasteiger partial charge in [0.15, 0.2) is 0 Å². The molecule has 1 heteroatoms. The molecular weight excluding hydrogens is 819 g/mol. The second kappa shape index (κ2) is 15.1. The first-order valence-corrected chi connectivity index (χ1v) is 23.7. The third-order valence-corrected chi connectivity index (χ3v) is 14.9. The Labute approximate surface area is 396 Å². The molecule has 0 bridgehead atoms. The van der Waals surface area contributed by atoms with Gasteiger partial charge >= 0.3 is 0 Å². The fourth-order valence-electron chi connectivity index (χ4n) is 11.9. The smallest absolute Gasteiger partial charge is 0.0725 e. The molecule has 68 heavy (non-hydrogen) atoms. The summed E-state index contributed by atoms with van der Waals surface area (Å²) in [5, 5.41) is 7.72. The van der Waals surface area contributed by atoms with Gasteiger partial charge in [0.2, 0.25) is 0 Å². The zero-order chi connectivity index (χ0) is 44.8. The van der Waals surface area contributed by atoms with Crippen molar-refractivity contribution in [1.29, 1.82) is 0 Å². The van der Waals surface area contributed by atoms with E-state index in [0.717, 1.165) is 17.1 Å². The lowest BCUT2D eigenvalue weighted by molar-refractivity contribution is 0.794. The summed E-state index contributed by atoms with van der Waals surface area (Å²) in [5.41, 5.74) is 20.9. The molecular formula is C67H43N. The molecule has 0 aromatic heterocycles. The SMILES string of the molecule is c1ccc(-c2ccc(N(c3ccc(-c4ccc5c6ccccc6c6ccccc6c5c4)cc3)c3ccc(-c4cccc5c4-c4ccccc4C54c5ccccc5-c5ccccc54)cc3)cc2)cc1.